The van der Waals surface area contributed by atoms with E-state index in [9.17, 15) is 4.79 Å². The molecule has 1 unspecified atom stereocenters. The van der Waals surface area contributed by atoms with Crippen LogP contribution < -0.4 is 5.32 Å². The lowest BCUT2D eigenvalue weighted by atomic mass is 10.1. The minimum Gasteiger partial charge on any atom is -0.383 e. The molecule has 0 fully saturated rings. The maximum atomic E-state index is 11.9. The zero-order chi connectivity index (χ0) is 12.1. The first-order valence-electron chi connectivity index (χ1n) is 5.41. The Balaban J connectivity index is 2.72. The molecule has 0 aliphatic heterocycles. The first-order valence-corrected chi connectivity index (χ1v) is 5.41. The molecule has 88 valence electrons. The van der Waals surface area contributed by atoms with Gasteiger partial charge in [-0.2, -0.15) is 0 Å². The summed E-state index contributed by atoms with van der Waals surface area (Å²) in [7, 11) is 1.62. The molecule has 1 N–H and O–H groups in total. The van der Waals surface area contributed by atoms with Crippen molar-refractivity contribution in [1.82, 2.24) is 5.32 Å². The standard InChI is InChI=1S/C13H19NO2/c1-9-5-10(2)7-12(6-9)13(15)14-11(3)8-16-4/h5-7,11H,8H2,1-4H3,(H,14,15). The van der Waals surface area contributed by atoms with Crippen LogP contribution in [-0.4, -0.2) is 25.7 Å². The second-order valence-corrected chi connectivity index (χ2v) is 4.21. The summed E-state index contributed by atoms with van der Waals surface area (Å²) in [5.74, 6) is -0.0450. The lowest BCUT2D eigenvalue weighted by Gasteiger charge is -2.13. The normalized spacial score (nSPS) is 12.2. The van der Waals surface area contributed by atoms with Crippen molar-refractivity contribution in [2.24, 2.45) is 0 Å². The molecule has 0 radical (unpaired) electrons. The Hall–Kier alpha value is -1.35. The number of carbonyl (C=O) groups excluding carboxylic acids is 1. The molecule has 16 heavy (non-hydrogen) atoms. The van der Waals surface area contributed by atoms with Gasteiger partial charge in [0.1, 0.15) is 0 Å². The number of nitrogens with one attached hydrogen (secondary N) is 1. The second kappa shape index (κ2) is 5.66. The maximum absolute atomic E-state index is 11.9. The first kappa shape index (κ1) is 12.7. The number of hydrogen-bond donors (Lipinski definition) is 1. The van der Waals surface area contributed by atoms with E-state index in [1.54, 1.807) is 7.11 Å². The van der Waals surface area contributed by atoms with Crippen molar-refractivity contribution in [3.63, 3.8) is 0 Å². The fourth-order valence-electron chi connectivity index (χ4n) is 1.70. The van der Waals surface area contributed by atoms with E-state index in [2.05, 4.69) is 11.4 Å². The van der Waals surface area contributed by atoms with Crippen LogP contribution in [0.4, 0.5) is 0 Å². The predicted molar refractivity (Wildman–Crippen MR) is 64.7 cm³/mol. The Bertz CT molecular complexity index is 354. The summed E-state index contributed by atoms with van der Waals surface area (Å²) in [5, 5.41) is 2.89. The van der Waals surface area contributed by atoms with Crippen LogP contribution in [0.25, 0.3) is 0 Å². The predicted octanol–water partition coefficient (Wildman–Crippen LogP) is 2.07. The SMILES string of the molecule is COCC(C)NC(=O)c1cc(C)cc(C)c1. The molecule has 1 aromatic carbocycles. The first-order chi connectivity index (χ1) is 7.52. The molecule has 0 aliphatic rings. The van der Waals surface area contributed by atoms with E-state index in [1.165, 1.54) is 0 Å². The highest BCUT2D eigenvalue weighted by atomic mass is 16.5. The fourth-order valence-corrected chi connectivity index (χ4v) is 1.70. The number of benzene rings is 1. The molecule has 3 heteroatoms. The van der Waals surface area contributed by atoms with Gasteiger partial charge in [-0.3, -0.25) is 4.79 Å². The summed E-state index contributed by atoms with van der Waals surface area (Å²) in [6, 6.07) is 5.86. The van der Waals surface area contributed by atoms with Gasteiger partial charge in [-0.05, 0) is 32.9 Å². The molecule has 0 aliphatic carbocycles. The van der Waals surface area contributed by atoms with E-state index in [0.29, 0.717) is 12.2 Å². The topological polar surface area (TPSA) is 38.3 Å². The third-order valence-corrected chi connectivity index (χ3v) is 2.28. The van der Waals surface area contributed by atoms with Gasteiger partial charge in [-0.15, -0.1) is 0 Å². The van der Waals surface area contributed by atoms with Gasteiger partial charge >= 0.3 is 0 Å². The van der Waals surface area contributed by atoms with Crippen molar-refractivity contribution >= 4 is 5.91 Å². The van der Waals surface area contributed by atoms with Gasteiger partial charge in [0.2, 0.25) is 0 Å². The van der Waals surface area contributed by atoms with Crippen molar-refractivity contribution in [2.45, 2.75) is 26.8 Å². The van der Waals surface area contributed by atoms with E-state index < -0.39 is 0 Å². The molecule has 1 atom stereocenters. The van der Waals surface area contributed by atoms with Gasteiger partial charge in [-0.25, -0.2) is 0 Å². The van der Waals surface area contributed by atoms with Gasteiger partial charge in [0.05, 0.1) is 6.61 Å². The van der Waals surface area contributed by atoms with Crippen molar-refractivity contribution in [3.05, 3.63) is 34.9 Å². The van der Waals surface area contributed by atoms with Crippen molar-refractivity contribution in [1.29, 1.82) is 0 Å². The Labute approximate surface area is 96.8 Å². The van der Waals surface area contributed by atoms with E-state index in [4.69, 9.17) is 4.74 Å². The Kier molecular flexibility index (Phi) is 4.50. The zero-order valence-corrected chi connectivity index (χ0v) is 10.3. The summed E-state index contributed by atoms with van der Waals surface area (Å²) >= 11 is 0. The Morgan fingerprint density at radius 3 is 2.38 bits per heavy atom. The number of rotatable bonds is 4. The number of methoxy groups -OCH3 is 1. The monoisotopic (exact) mass is 221 g/mol. The number of aryl methyl sites for hydroxylation is 2. The molecule has 0 heterocycles. The summed E-state index contributed by atoms with van der Waals surface area (Å²) < 4.78 is 4.97. The summed E-state index contributed by atoms with van der Waals surface area (Å²) in [6.07, 6.45) is 0. The summed E-state index contributed by atoms with van der Waals surface area (Å²) in [5.41, 5.74) is 2.91. The average Bonchev–Trinajstić information content (AvgIpc) is 2.16. The van der Waals surface area contributed by atoms with Gasteiger partial charge in [-0.1, -0.05) is 17.2 Å². The van der Waals surface area contributed by atoms with E-state index in [0.717, 1.165) is 11.1 Å². The van der Waals surface area contributed by atoms with Crippen molar-refractivity contribution in [3.8, 4) is 0 Å². The molecule has 1 rings (SSSR count). The zero-order valence-electron chi connectivity index (χ0n) is 10.3. The van der Waals surface area contributed by atoms with Gasteiger partial charge in [0, 0.05) is 18.7 Å². The van der Waals surface area contributed by atoms with E-state index in [-0.39, 0.29) is 11.9 Å². The fraction of sp³-hybridized carbons (Fsp3) is 0.462. The maximum Gasteiger partial charge on any atom is 0.251 e. The molecular weight excluding hydrogens is 202 g/mol. The second-order valence-electron chi connectivity index (χ2n) is 4.21. The molecule has 0 spiro atoms. The highest BCUT2D eigenvalue weighted by Gasteiger charge is 2.09. The van der Waals surface area contributed by atoms with Crippen LogP contribution in [0.5, 0.6) is 0 Å². The van der Waals surface area contributed by atoms with Gasteiger partial charge < -0.3 is 10.1 Å². The largest absolute Gasteiger partial charge is 0.383 e. The van der Waals surface area contributed by atoms with Crippen LogP contribution in [0.3, 0.4) is 0 Å². The van der Waals surface area contributed by atoms with Gasteiger partial charge in [0.25, 0.3) is 5.91 Å². The molecule has 0 saturated carbocycles. The van der Waals surface area contributed by atoms with Crippen LogP contribution in [0, 0.1) is 13.8 Å². The Morgan fingerprint density at radius 1 is 1.31 bits per heavy atom. The molecule has 1 amide bonds. The summed E-state index contributed by atoms with van der Waals surface area (Å²) in [4.78, 5) is 11.9. The number of ether oxygens (including phenoxy) is 1. The quantitative estimate of drug-likeness (QED) is 0.845. The lowest BCUT2D eigenvalue weighted by Crippen LogP contribution is -2.35. The molecular formula is C13H19NO2. The van der Waals surface area contributed by atoms with Crippen molar-refractivity contribution in [2.75, 3.05) is 13.7 Å². The van der Waals surface area contributed by atoms with Crippen molar-refractivity contribution < 1.29 is 9.53 Å². The molecule has 0 saturated heterocycles. The van der Waals surface area contributed by atoms with Crippen LogP contribution in [0.15, 0.2) is 18.2 Å². The smallest absolute Gasteiger partial charge is 0.251 e. The lowest BCUT2D eigenvalue weighted by molar-refractivity contribution is 0.0905. The molecule has 3 nitrogen and oxygen atoms in total. The van der Waals surface area contributed by atoms with Crippen LogP contribution in [0.2, 0.25) is 0 Å². The highest BCUT2D eigenvalue weighted by molar-refractivity contribution is 5.94. The third-order valence-electron chi connectivity index (χ3n) is 2.28. The number of carbonyl (C=O) groups is 1. The van der Waals surface area contributed by atoms with Crippen LogP contribution in [0.1, 0.15) is 28.4 Å². The molecule has 1 aromatic rings. The van der Waals surface area contributed by atoms with Crippen LogP contribution in [-0.2, 0) is 4.74 Å². The average molecular weight is 221 g/mol. The van der Waals surface area contributed by atoms with E-state index in [1.807, 2.05) is 32.9 Å². The molecule has 0 bridgehead atoms. The minimum atomic E-state index is -0.0450. The van der Waals surface area contributed by atoms with E-state index >= 15 is 0 Å². The number of amides is 1. The third kappa shape index (κ3) is 3.66. The minimum absolute atomic E-state index is 0.0262. The molecule has 0 aromatic heterocycles. The number of hydrogen-bond acceptors (Lipinski definition) is 2. The highest BCUT2D eigenvalue weighted by Crippen LogP contribution is 2.08. The summed E-state index contributed by atoms with van der Waals surface area (Å²) in [6.45, 7) is 6.42. The van der Waals surface area contributed by atoms with Gasteiger partial charge in [0.15, 0.2) is 0 Å². The van der Waals surface area contributed by atoms with Crippen LogP contribution >= 0.6 is 0 Å². The Morgan fingerprint density at radius 2 is 1.88 bits per heavy atom.